The fraction of sp³-hybridized carbons (Fsp3) is 0.222. The maximum absolute atomic E-state index is 9.81. The Morgan fingerprint density at radius 2 is 1.77 bits per heavy atom. The summed E-state index contributed by atoms with van der Waals surface area (Å²) in [5.41, 5.74) is 7.48. The van der Waals surface area contributed by atoms with Gasteiger partial charge in [-0.1, -0.05) is 42.5 Å². The number of aliphatic hydroxyl groups excluding tert-OH is 1. The first-order valence-corrected chi connectivity index (χ1v) is 7.92. The van der Waals surface area contributed by atoms with Gasteiger partial charge in [0.2, 0.25) is 0 Å². The highest BCUT2D eigenvalue weighted by Gasteiger charge is 2.22. The minimum Gasteiger partial charge on any atom is -0.396 e. The highest BCUT2D eigenvalue weighted by molar-refractivity contribution is 7.12. The van der Waals surface area contributed by atoms with Crippen LogP contribution in [0.2, 0.25) is 0 Å². The molecule has 0 aliphatic heterocycles. The van der Waals surface area contributed by atoms with E-state index in [-0.39, 0.29) is 31.0 Å². The Morgan fingerprint density at radius 1 is 1.05 bits per heavy atom. The first-order valence-electron chi connectivity index (χ1n) is 7.10. The summed E-state index contributed by atoms with van der Waals surface area (Å²) in [6, 6.07) is 18.5. The van der Waals surface area contributed by atoms with E-state index in [1.54, 1.807) is 11.3 Å². The molecule has 1 heterocycles. The van der Waals surface area contributed by atoms with E-state index in [1.165, 1.54) is 15.6 Å². The molecule has 0 saturated carbocycles. The van der Waals surface area contributed by atoms with Crippen molar-refractivity contribution in [3.63, 3.8) is 0 Å². The minimum atomic E-state index is -0.171. The summed E-state index contributed by atoms with van der Waals surface area (Å²) in [5, 5.41) is 12.2. The highest BCUT2D eigenvalue weighted by Crippen LogP contribution is 2.33. The summed E-state index contributed by atoms with van der Waals surface area (Å²) in [6.07, 6.45) is 0. The number of nitrogens with two attached hydrogens (primary N) is 1. The van der Waals surface area contributed by atoms with Gasteiger partial charge in [0, 0.05) is 21.7 Å². The van der Waals surface area contributed by atoms with Crippen molar-refractivity contribution >= 4 is 34.5 Å². The van der Waals surface area contributed by atoms with E-state index in [1.807, 2.05) is 12.1 Å². The lowest BCUT2D eigenvalue weighted by atomic mass is 9.90. The van der Waals surface area contributed by atoms with Crippen molar-refractivity contribution in [3.8, 4) is 0 Å². The number of hydrogen-bond donors (Lipinski definition) is 2. The molecule has 2 unspecified atom stereocenters. The second-order valence-electron chi connectivity index (χ2n) is 5.37. The summed E-state index contributed by atoms with van der Waals surface area (Å²) in [4.78, 5) is 2.37. The van der Waals surface area contributed by atoms with Crippen LogP contribution >= 0.6 is 23.7 Å². The van der Waals surface area contributed by atoms with Crippen LogP contribution in [0.1, 0.15) is 27.3 Å². The zero-order valence-corrected chi connectivity index (χ0v) is 14.0. The molecule has 0 aliphatic carbocycles. The second kappa shape index (κ2) is 7.25. The first-order chi connectivity index (χ1) is 10.2. The van der Waals surface area contributed by atoms with Gasteiger partial charge in [0.25, 0.3) is 0 Å². The van der Waals surface area contributed by atoms with Crippen LogP contribution in [0.3, 0.4) is 0 Å². The number of halogens is 1. The minimum absolute atomic E-state index is 0. The third-order valence-corrected chi connectivity index (χ3v) is 5.02. The molecule has 4 heteroatoms. The van der Waals surface area contributed by atoms with E-state index in [0.717, 1.165) is 10.4 Å². The molecule has 3 aromatic rings. The number of thiophene rings is 1. The summed E-state index contributed by atoms with van der Waals surface area (Å²) in [7, 11) is 0. The average molecular weight is 334 g/mol. The van der Waals surface area contributed by atoms with E-state index in [0.29, 0.717) is 0 Å². The molecule has 22 heavy (non-hydrogen) atoms. The quantitative estimate of drug-likeness (QED) is 0.743. The van der Waals surface area contributed by atoms with E-state index in [9.17, 15) is 5.11 Å². The van der Waals surface area contributed by atoms with E-state index >= 15 is 0 Å². The monoisotopic (exact) mass is 333 g/mol. The van der Waals surface area contributed by atoms with Crippen molar-refractivity contribution in [3.05, 3.63) is 69.9 Å². The van der Waals surface area contributed by atoms with Gasteiger partial charge in [-0.05, 0) is 35.4 Å². The van der Waals surface area contributed by atoms with Crippen LogP contribution in [-0.4, -0.2) is 11.7 Å². The van der Waals surface area contributed by atoms with Crippen LogP contribution in [0.25, 0.3) is 10.8 Å². The Bertz CT molecular complexity index is 755. The molecular formula is C18H20ClNOS. The van der Waals surface area contributed by atoms with Gasteiger partial charge in [-0.25, -0.2) is 0 Å². The SMILES string of the molecule is Cc1ccc(C(N)C(CO)c2ccc3ccccc3c2)s1.Cl. The molecule has 2 aromatic carbocycles. The van der Waals surface area contributed by atoms with Crippen LogP contribution in [0, 0.1) is 6.92 Å². The fourth-order valence-corrected chi connectivity index (χ4v) is 3.64. The molecule has 0 bridgehead atoms. The Hall–Kier alpha value is -1.39. The lowest BCUT2D eigenvalue weighted by Crippen LogP contribution is -2.21. The summed E-state index contributed by atoms with van der Waals surface area (Å²) >= 11 is 1.70. The Labute approximate surface area is 141 Å². The van der Waals surface area contributed by atoms with Gasteiger partial charge < -0.3 is 10.8 Å². The largest absolute Gasteiger partial charge is 0.396 e. The van der Waals surface area contributed by atoms with Gasteiger partial charge in [-0.3, -0.25) is 0 Å². The number of fused-ring (bicyclic) bond motifs is 1. The molecular weight excluding hydrogens is 314 g/mol. The maximum atomic E-state index is 9.81. The predicted molar refractivity (Wildman–Crippen MR) is 97.0 cm³/mol. The van der Waals surface area contributed by atoms with Crippen molar-refractivity contribution in [2.75, 3.05) is 6.61 Å². The number of hydrogen-bond acceptors (Lipinski definition) is 3. The van der Waals surface area contributed by atoms with Crippen LogP contribution < -0.4 is 5.73 Å². The molecule has 0 radical (unpaired) electrons. The second-order valence-corrected chi connectivity index (χ2v) is 6.69. The smallest absolute Gasteiger partial charge is 0.0518 e. The molecule has 1 aromatic heterocycles. The van der Waals surface area contributed by atoms with Gasteiger partial charge >= 0.3 is 0 Å². The first kappa shape index (κ1) is 17.0. The molecule has 3 rings (SSSR count). The van der Waals surface area contributed by atoms with Crippen molar-refractivity contribution in [1.82, 2.24) is 0 Å². The summed E-state index contributed by atoms with van der Waals surface area (Å²) < 4.78 is 0. The predicted octanol–water partition coefficient (Wildman–Crippen LogP) is 4.41. The molecule has 2 atom stereocenters. The van der Waals surface area contributed by atoms with Crippen LogP contribution in [0.15, 0.2) is 54.6 Å². The van der Waals surface area contributed by atoms with Gasteiger partial charge in [-0.15, -0.1) is 23.7 Å². The number of rotatable bonds is 4. The Morgan fingerprint density at radius 3 is 2.41 bits per heavy atom. The van der Waals surface area contributed by atoms with Crippen molar-refractivity contribution < 1.29 is 5.11 Å². The van der Waals surface area contributed by atoms with E-state index < -0.39 is 0 Å². The highest BCUT2D eigenvalue weighted by atomic mass is 35.5. The van der Waals surface area contributed by atoms with Crippen molar-refractivity contribution in [2.45, 2.75) is 18.9 Å². The normalized spacial score (nSPS) is 13.6. The number of aliphatic hydroxyl groups is 1. The fourth-order valence-electron chi connectivity index (χ4n) is 2.70. The molecule has 2 nitrogen and oxygen atoms in total. The van der Waals surface area contributed by atoms with E-state index in [4.69, 9.17) is 5.73 Å². The van der Waals surface area contributed by atoms with Crippen LogP contribution in [0.4, 0.5) is 0 Å². The van der Waals surface area contributed by atoms with Gasteiger partial charge in [-0.2, -0.15) is 0 Å². The van der Waals surface area contributed by atoms with Gasteiger partial charge in [0.05, 0.1) is 6.61 Å². The molecule has 0 fully saturated rings. The average Bonchev–Trinajstić information content (AvgIpc) is 2.94. The van der Waals surface area contributed by atoms with Gasteiger partial charge in [0.15, 0.2) is 0 Å². The Kier molecular flexibility index (Phi) is 5.59. The lowest BCUT2D eigenvalue weighted by molar-refractivity contribution is 0.249. The number of benzene rings is 2. The molecule has 3 N–H and O–H groups in total. The van der Waals surface area contributed by atoms with Gasteiger partial charge in [0.1, 0.15) is 0 Å². The van der Waals surface area contributed by atoms with Crippen molar-refractivity contribution in [2.24, 2.45) is 5.73 Å². The molecule has 116 valence electrons. The molecule has 0 saturated heterocycles. The van der Waals surface area contributed by atoms with Crippen LogP contribution in [0.5, 0.6) is 0 Å². The standard InChI is InChI=1S/C18H19NOS.ClH/c1-12-6-9-17(21-12)18(19)16(11-20)15-8-7-13-4-2-3-5-14(13)10-15;/h2-10,16,18,20H,11,19H2,1H3;1H. The Balaban J connectivity index is 0.00000176. The van der Waals surface area contributed by atoms with Crippen molar-refractivity contribution in [1.29, 1.82) is 0 Å². The molecule has 0 amide bonds. The molecule has 0 aliphatic rings. The maximum Gasteiger partial charge on any atom is 0.0518 e. The zero-order chi connectivity index (χ0) is 14.8. The topological polar surface area (TPSA) is 46.2 Å². The number of aryl methyl sites for hydroxylation is 1. The third kappa shape index (κ3) is 3.33. The third-order valence-electron chi connectivity index (χ3n) is 3.92. The summed E-state index contributed by atoms with van der Waals surface area (Å²) in [5.74, 6) is -0.0762. The zero-order valence-electron chi connectivity index (χ0n) is 12.4. The molecule has 0 spiro atoms. The van der Waals surface area contributed by atoms with E-state index in [2.05, 4.69) is 49.4 Å². The summed E-state index contributed by atoms with van der Waals surface area (Å²) in [6.45, 7) is 2.13. The lowest BCUT2D eigenvalue weighted by Gasteiger charge is -2.22. The van der Waals surface area contributed by atoms with Crippen LogP contribution in [-0.2, 0) is 0 Å².